The molecular formula is C15H23N3O2. The Balaban J connectivity index is 1.76. The number of ether oxygens (including phenoxy) is 1. The predicted octanol–water partition coefficient (Wildman–Crippen LogP) is 2.10. The highest BCUT2D eigenvalue weighted by atomic mass is 16.5. The number of hydrogen-bond donors (Lipinski definition) is 3. The highest BCUT2D eigenvalue weighted by molar-refractivity contribution is 5.89. The Morgan fingerprint density at radius 2 is 2.15 bits per heavy atom. The quantitative estimate of drug-likeness (QED) is 0.698. The summed E-state index contributed by atoms with van der Waals surface area (Å²) in [5, 5.41) is 9.08. The lowest BCUT2D eigenvalue weighted by Crippen LogP contribution is -2.38. The minimum Gasteiger partial charge on any atom is -0.379 e. The van der Waals surface area contributed by atoms with E-state index in [4.69, 9.17) is 4.74 Å². The molecule has 0 aromatic heterocycles. The van der Waals surface area contributed by atoms with Crippen molar-refractivity contribution in [2.45, 2.75) is 32.4 Å². The summed E-state index contributed by atoms with van der Waals surface area (Å²) in [6, 6.07) is 7.86. The number of urea groups is 1. The summed E-state index contributed by atoms with van der Waals surface area (Å²) in [7, 11) is 0. The average molecular weight is 277 g/mol. The monoisotopic (exact) mass is 277 g/mol. The molecule has 3 N–H and O–H groups in total. The lowest BCUT2D eigenvalue weighted by atomic mass is 10.2. The number of carbonyl (C=O) groups excluding carboxylic acids is 1. The van der Waals surface area contributed by atoms with Crippen LogP contribution in [0.4, 0.5) is 10.5 Å². The van der Waals surface area contributed by atoms with Crippen LogP contribution in [0.15, 0.2) is 24.3 Å². The van der Waals surface area contributed by atoms with E-state index < -0.39 is 0 Å². The number of anilines is 1. The van der Waals surface area contributed by atoms with Gasteiger partial charge in [0.1, 0.15) is 0 Å². The van der Waals surface area contributed by atoms with Crippen LogP contribution in [0.5, 0.6) is 0 Å². The number of hydrogen-bond acceptors (Lipinski definition) is 3. The molecule has 1 aromatic carbocycles. The maximum atomic E-state index is 11.8. The topological polar surface area (TPSA) is 62.4 Å². The summed E-state index contributed by atoms with van der Waals surface area (Å²) < 4.78 is 5.22. The largest absolute Gasteiger partial charge is 0.379 e. The molecule has 1 heterocycles. The molecule has 0 bridgehead atoms. The van der Waals surface area contributed by atoms with E-state index in [0.29, 0.717) is 6.61 Å². The van der Waals surface area contributed by atoms with Crippen molar-refractivity contribution in [2.24, 2.45) is 0 Å². The molecule has 0 saturated carbocycles. The molecule has 1 unspecified atom stereocenters. The van der Waals surface area contributed by atoms with Gasteiger partial charge in [-0.2, -0.15) is 0 Å². The maximum Gasteiger partial charge on any atom is 0.319 e. The van der Waals surface area contributed by atoms with Crippen LogP contribution in [-0.4, -0.2) is 31.8 Å². The summed E-state index contributed by atoms with van der Waals surface area (Å²) in [4.78, 5) is 11.8. The first kappa shape index (κ1) is 14.8. The molecule has 0 aliphatic carbocycles. The maximum absolute atomic E-state index is 11.8. The van der Waals surface area contributed by atoms with E-state index >= 15 is 0 Å². The molecule has 5 nitrogen and oxygen atoms in total. The van der Waals surface area contributed by atoms with Crippen LogP contribution in [-0.2, 0) is 11.3 Å². The fourth-order valence-electron chi connectivity index (χ4n) is 2.12. The summed E-state index contributed by atoms with van der Waals surface area (Å²) in [5.74, 6) is 0. The second kappa shape index (κ2) is 7.87. The molecule has 0 radical (unpaired) electrons. The van der Waals surface area contributed by atoms with Crippen molar-refractivity contribution < 1.29 is 9.53 Å². The van der Waals surface area contributed by atoms with Gasteiger partial charge in [-0.3, -0.25) is 0 Å². The van der Waals surface area contributed by atoms with Crippen LogP contribution < -0.4 is 16.0 Å². The SMILES string of the molecule is CCCNCc1ccc(NC(=O)NC2CCOC2)cc1. The fraction of sp³-hybridized carbons (Fsp3) is 0.533. The van der Waals surface area contributed by atoms with Crippen LogP contribution in [0.2, 0.25) is 0 Å². The summed E-state index contributed by atoms with van der Waals surface area (Å²) in [6.07, 6.45) is 2.01. The fourth-order valence-corrected chi connectivity index (χ4v) is 2.12. The van der Waals surface area contributed by atoms with Gasteiger partial charge in [0.25, 0.3) is 0 Å². The van der Waals surface area contributed by atoms with Crippen LogP contribution in [0.1, 0.15) is 25.3 Å². The van der Waals surface area contributed by atoms with Gasteiger partial charge in [0.15, 0.2) is 0 Å². The van der Waals surface area contributed by atoms with Crippen molar-refractivity contribution in [1.82, 2.24) is 10.6 Å². The normalized spacial score (nSPS) is 17.9. The smallest absolute Gasteiger partial charge is 0.319 e. The number of amides is 2. The summed E-state index contributed by atoms with van der Waals surface area (Å²) in [6.45, 7) is 5.36. The molecule has 1 aromatic rings. The molecule has 1 fully saturated rings. The Labute approximate surface area is 120 Å². The number of nitrogens with one attached hydrogen (secondary N) is 3. The van der Waals surface area contributed by atoms with Gasteiger partial charge in [-0.15, -0.1) is 0 Å². The van der Waals surface area contributed by atoms with Gasteiger partial charge in [0, 0.05) is 18.8 Å². The van der Waals surface area contributed by atoms with Gasteiger partial charge in [-0.1, -0.05) is 19.1 Å². The molecular weight excluding hydrogens is 254 g/mol. The van der Waals surface area contributed by atoms with E-state index in [2.05, 4.69) is 22.9 Å². The summed E-state index contributed by atoms with van der Waals surface area (Å²) >= 11 is 0. The number of carbonyl (C=O) groups is 1. The predicted molar refractivity (Wildman–Crippen MR) is 79.8 cm³/mol. The Morgan fingerprint density at radius 3 is 2.80 bits per heavy atom. The molecule has 2 rings (SSSR count). The third-order valence-electron chi connectivity index (χ3n) is 3.23. The number of benzene rings is 1. The van der Waals surface area contributed by atoms with E-state index in [1.807, 2.05) is 24.3 Å². The van der Waals surface area contributed by atoms with Crippen molar-refractivity contribution in [2.75, 3.05) is 25.1 Å². The van der Waals surface area contributed by atoms with Gasteiger partial charge in [0.05, 0.1) is 12.6 Å². The lowest BCUT2D eigenvalue weighted by Gasteiger charge is -2.12. The van der Waals surface area contributed by atoms with Crippen molar-refractivity contribution in [3.05, 3.63) is 29.8 Å². The second-order valence-electron chi connectivity index (χ2n) is 5.03. The highest BCUT2D eigenvalue weighted by Gasteiger charge is 2.17. The van der Waals surface area contributed by atoms with E-state index in [1.165, 1.54) is 5.56 Å². The average Bonchev–Trinajstić information content (AvgIpc) is 2.94. The Bertz CT molecular complexity index is 414. The molecule has 20 heavy (non-hydrogen) atoms. The van der Waals surface area contributed by atoms with E-state index in [-0.39, 0.29) is 12.1 Å². The van der Waals surface area contributed by atoms with Crippen LogP contribution in [0.25, 0.3) is 0 Å². The zero-order chi connectivity index (χ0) is 14.2. The molecule has 5 heteroatoms. The van der Waals surface area contributed by atoms with Gasteiger partial charge < -0.3 is 20.7 Å². The van der Waals surface area contributed by atoms with Gasteiger partial charge in [0.2, 0.25) is 0 Å². The molecule has 1 saturated heterocycles. The standard InChI is InChI=1S/C15H23N3O2/c1-2-8-16-10-12-3-5-13(6-4-12)17-15(19)18-14-7-9-20-11-14/h3-6,14,16H,2,7-11H2,1H3,(H2,17,18,19). The van der Waals surface area contributed by atoms with Gasteiger partial charge in [-0.05, 0) is 37.1 Å². The van der Waals surface area contributed by atoms with Crippen molar-refractivity contribution in [3.8, 4) is 0 Å². The molecule has 110 valence electrons. The first-order valence-electron chi connectivity index (χ1n) is 7.23. The van der Waals surface area contributed by atoms with Crippen LogP contribution >= 0.6 is 0 Å². The number of rotatable bonds is 6. The van der Waals surface area contributed by atoms with Crippen molar-refractivity contribution in [3.63, 3.8) is 0 Å². The molecule has 1 aliphatic heterocycles. The van der Waals surface area contributed by atoms with Gasteiger partial charge >= 0.3 is 6.03 Å². The Hall–Kier alpha value is -1.59. The minimum atomic E-state index is -0.169. The highest BCUT2D eigenvalue weighted by Crippen LogP contribution is 2.10. The molecule has 1 aliphatic rings. The summed E-state index contributed by atoms with van der Waals surface area (Å²) in [5.41, 5.74) is 2.02. The van der Waals surface area contributed by atoms with Crippen molar-refractivity contribution in [1.29, 1.82) is 0 Å². The molecule has 0 spiro atoms. The Kier molecular flexibility index (Phi) is 5.83. The zero-order valence-corrected chi connectivity index (χ0v) is 11.9. The van der Waals surface area contributed by atoms with Crippen molar-refractivity contribution >= 4 is 11.7 Å². The van der Waals surface area contributed by atoms with E-state index in [9.17, 15) is 4.79 Å². The molecule has 1 atom stereocenters. The Morgan fingerprint density at radius 1 is 1.35 bits per heavy atom. The second-order valence-corrected chi connectivity index (χ2v) is 5.03. The minimum absolute atomic E-state index is 0.132. The first-order valence-corrected chi connectivity index (χ1v) is 7.23. The van der Waals surface area contributed by atoms with Crippen LogP contribution in [0.3, 0.4) is 0 Å². The molecule has 2 amide bonds. The first-order chi connectivity index (χ1) is 9.78. The third kappa shape index (κ3) is 4.83. The zero-order valence-electron chi connectivity index (χ0n) is 11.9. The van der Waals surface area contributed by atoms with Crippen LogP contribution in [0, 0.1) is 0 Å². The third-order valence-corrected chi connectivity index (χ3v) is 3.23. The van der Waals surface area contributed by atoms with Gasteiger partial charge in [-0.25, -0.2) is 4.79 Å². The van der Waals surface area contributed by atoms with E-state index in [1.54, 1.807) is 0 Å². The lowest BCUT2D eigenvalue weighted by molar-refractivity contribution is 0.189. The van der Waals surface area contributed by atoms with E-state index in [0.717, 1.165) is 38.2 Å².